The van der Waals surface area contributed by atoms with E-state index in [0.717, 1.165) is 11.3 Å². The van der Waals surface area contributed by atoms with Gasteiger partial charge in [-0.15, -0.1) is 0 Å². The third kappa shape index (κ3) is 2.37. The van der Waals surface area contributed by atoms with Gasteiger partial charge in [-0.25, -0.2) is 0 Å². The minimum atomic E-state index is 0.479. The first-order chi connectivity index (χ1) is 8.26. The summed E-state index contributed by atoms with van der Waals surface area (Å²) in [5, 5.41) is 9.43. The second-order valence-corrected chi connectivity index (χ2v) is 3.99. The molecular weight excluding hydrogens is 238 g/mol. The lowest BCUT2D eigenvalue weighted by atomic mass is 10.1. The van der Waals surface area contributed by atoms with Crippen LogP contribution in [0.4, 0.5) is 0 Å². The number of nitrogens with zero attached hydrogens (tertiary/aromatic N) is 1. The molecule has 17 heavy (non-hydrogen) atoms. The number of benzene rings is 1. The van der Waals surface area contributed by atoms with Crippen LogP contribution >= 0.6 is 11.6 Å². The van der Waals surface area contributed by atoms with Crippen LogP contribution in [0.1, 0.15) is 18.9 Å². The maximum absolute atomic E-state index is 8.95. The van der Waals surface area contributed by atoms with Crippen LogP contribution < -0.4 is 9.47 Å². The second kappa shape index (κ2) is 5.11. The fourth-order valence-electron chi connectivity index (χ4n) is 1.64. The second-order valence-electron chi connectivity index (χ2n) is 3.62. The Hall–Kier alpha value is -1.66. The monoisotopic (exact) mass is 249 g/mol. The highest BCUT2D eigenvalue weighted by molar-refractivity contribution is 6.49. The molecule has 0 spiro atoms. The molecule has 1 aromatic rings. The van der Waals surface area contributed by atoms with E-state index in [1.54, 1.807) is 0 Å². The Kier molecular flexibility index (Phi) is 3.55. The molecule has 0 aromatic heterocycles. The number of rotatable bonds is 2. The van der Waals surface area contributed by atoms with E-state index in [2.05, 4.69) is 6.07 Å². The molecule has 0 saturated carbocycles. The van der Waals surface area contributed by atoms with Crippen molar-refractivity contribution < 1.29 is 9.47 Å². The van der Waals surface area contributed by atoms with E-state index in [-0.39, 0.29) is 0 Å². The summed E-state index contributed by atoms with van der Waals surface area (Å²) in [6.45, 7) is 3.00. The largest absolute Gasteiger partial charge is 0.486 e. The number of nitriles is 1. The topological polar surface area (TPSA) is 42.2 Å². The highest BCUT2D eigenvalue weighted by Gasteiger charge is 2.14. The molecule has 0 radical (unpaired) electrons. The Balaban J connectivity index is 2.41. The van der Waals surface area contributed by atoms with Gasteiger partial charge in [0.1, 0.15) is 13.2 Å². The van der Waals surface area contributed by atoms with E-state index in [4.69, 9.17) is 26.3 Å². The zero-order chi connectivity index (χ0) is 12.3. The average Bonchev–Trinajstić information content (AvgIpc) is 2.39. The minimum Gasteiger partial charge on any atom is -0.486 e. The van der Waals surface area contributed by atoms with Crippen molar-refractivity contribution in [3.63, 3.8) is 0 Å². The van der Waals surface area contributed by atoms with Gasteiger partial charge in [-0.3, -0.25) is 0 Å². The molecule has 0 amide bonds. The van der Waals surface area contributed by atoms with Gasteiger partial charge in [0.25, 0.3) is 0 Å². The van der Waals surface area contributed by atoms with Crippen LogP contribution in [0.5, 0.6) is 11.5 Å². The summed E-state index contributed by atoms with van der Waals surface area (Å²) in [7, 11) is 0. The summed E-state index contributed by atoms with van der Waals surface area (Å²) in [4.78, 5) is 0. The molecule has 1 heterocycles. The van der Waals surface area contributed by atoms with Crippen molar-refractivity contribution in [1.29, 1.82) is 5.26 Å². The summed E-state index contributed by atoms with van der Waals surface area (Å²) in [6, 6.07) is 7.57. The summed E-state index contributed by atoms with van der Waals surface area (Å²) in [6.07, 6.45) is 0.615. The molecule has 4 heteroatoms. The maximum Gasteiger partial charge on any atom is 0.162 e. The van der Waals surface area contributed by atoms with Crippen molar-refractivity contribution in [2.75, 3.05) is 13.2 Å². The lowest BCUT2D eigenvalue weighted by molar-refractivity contribution is 0.171. The molecule has 0 bridgehead atoms. The van der Waals surface area contributed by atoms with Gasteiger partial charge in [0.05, 0.1) is 11.1 Å². The lowest BCUT2D eigenvalue weighted by Crippen LogP contribution is -2.15. The first kappa shape index (κ1) is 11.8. The SMILES string of the molecule is CCC(C#N)=C(Cl)c1ccc2c(c1)OCCO2. The molecule has 2 rings (SSSR count). The fourth-order valence-corrected chi connectivity index (χ4v) is 1.93. The van der Waals surface area contributed by atoms with E-state index in [9.17, 15) is 0 Å². The summed E-state index contributed by atoms with van der Waals surface area (Å²) in [5.74, 6) is 1.40. The third-order valence-corrected chi connectivity index (χ3v) is 3.00. The Bertz CT molecular complexity index is 503. The third-order valence-electron chi connectivity index (χ3n) is 2.55. The van der Waals surface area contributed by atoms with Crippen LogP contribution in [-0.2, 0) is 0 Å². The molecule has 0 unspecified atom stereocenters. The van der Waals surface area contributed by atoms with Gasteiger partial charge < -0.3 is 9.47 Å². The van der Waals surface area contributed by atoms with Gasteiger partial charge in [-0.2, -0.15) is 5.26 Å². The summed E-state index contributed by atoms with van der Waals surface area (Å²) in [5.41, 5.74) is 1.36. The molecule has 3 nitrogen and oxygen atoms in total. The highest BCUT2D eigenvalue weighted by atomic mass is 35.5. The van der Waals surface area contributed by atoms with E-state index >= 15 is 0 Å². The number of hydrogen-bond acceptors (Lipinski definition) is 3. The molecule has 0 atom stereocenters. The van der Waals surface area contributed by atoms with Gasteiger partial charge in [-0.1, -0.05) is 18.5 Å². The van der Waals surface area contributed by atoms with Gasteiger partial charge in [0.15, 0.2) is 11.5 Å². The molecule has 1 aliphatic rings. The van der Waals surface area contributed by atoms with Crippen molar-refractivity contribution in [3.8, 4) is 17.6 Å². The first-order valence-electron chi connectivity index (χ1n) is 5.45. The maximum atomic E-state index is 8.95. The summed E-state index contributed by atoms with van der Waals surface area (Å²) < 4.78 is 10.9. The lowest BCUT2D eigenvalue weighted by Gasteiger charge is -2.18. The minimum absolute atomic E-state index is 0.479. The number of halogens is 1. The Morgan fingerprint density at radius 2 is 2.06 bits per heavy atom. The summed E-state index contributed by atoms with van der Waals surface area (Å²) >= 11 is 6.18. The Morgan fingerprint density at radius 1 is 1.35 bits per heavy atom. The Labute approximate surface area is 105 Å². The van der Waals surface area contributed by atoms with Crippen LogP contribution in [0.2, 0.25) is 0 Å². The molecule has 0 aliphatic carbocycles. The molecular formula is C13H12ClNO2. The van der Waals surface area contributed by atoms with Crippen LogP contribution in [0.15, 0.2) is 23.8 Å². The molecule has 0 N–H and O–H groups in total. The smallest absolute Gasteiger partial charge is 0.162 e. The van der Waals surface area contributed by atoms with Gasteiger partial charge in [0.2, 0.25) is 0 Å². The zero-order valence-corrected chi connectivity index (χ0v) is 10.3. The van der Waals surface area contributed by atoms with E-state index in [0.29, 0.717) is 36.0 Å². The Morgan fingerprint density at radius 3 is 2.71 bits per heavy atom. The highest BCUT2D eigenvalue weighted by Crippen LogP contribution is 2.35. The van der Waals surface area contributed by atoms with Gasteiger partial charge in [0, 0.05) is 5.57 Å². The molecule has 1 aromatic carbocycles. The number of allylic oxidation sites excluding steroid dienone is 1. The predicted molar refractivity (Wildman–Crippen MR) is 66.1 cm³/mol. The van der Waals surface area contributed by atoms with Crippen LogP contribution in [0.3, 0.4) is 0 Å². The van der Waals surface area contributed by atoms with Gasteiger partial charge in [-0.05, 0) is 30.2 Å². The van der Waals surface area contributed by atoms with Crippen LogP contribution in [-0.4, -0.2) is 13.2 Å². The average molecular weight is 250 g/mol. The van der Waals surface area contributed by atoms with Crippen molar-refractivity contribution in [2.45, 2.75) is 13.3 Å². The zero-order valence-electron chi connectivity index (χ0n) is 9.50. The first-order valence-corrected chi connectivity index (χ1v) is 5.82. The number of hydrogen-bond donors (Lipinski definition) is 0. The van der Waals surface area contributed by atoms with Crippen molar-refractivity contribution >= 4 is 16.6 Å². The quantitative estimate of drug-likeness (QED) is 0.755. The van der Waals surface area contributed by atoms with E-state index in [1.165, 1.54) is 0 Å². The van der Waals surface area contributed by atoms with Crippen LogP contribution in [0, 0.1) is 11.3 Å². The van der Waals surface area contributed by atoms with Crippen molar-refractivity contribution in [1.82, 2.24) is 0 Å². The van der Waals surface area contributed by atoms with Crippen molar-refractivity contribution in [2.24, 2.45) is 0 Å². The molecule has 0 saturated heterocycles. The number of ether oxygens (including phenoxy) is 2. The van der Waals surface area contributed by atoms with Crippen LogP contribution in [0.25, 0.3) is 5.03 Å². The normalized spacial score (nSPS) is 14.9. The van der Waals surface area contributed by atoms with E-state index < -0.39 is 0 Å². The van der Waals surface area contributed by atoms with E-state index in [1.807, 2.05) is 25.1 Å². The fraction of sp³-hybridized carbons (Fsp3) is 0.308. The number of fused-ring (bicyclic) bond motifs is 1. The predicted octanol–water partition coefficient (Wildman–Crippen LogP) is 3.34. The molecule has 1 aliphatic heterocycles. The standard InChI is InChI=1S/C13H12ClNO2/c1-2-9(8-15)13(14)10-3-4-11-12(7-10)17-6-5-16-11/h3-4,7H,2,5-6H2,1H3. The molecule has 88 valence electrons. The molecule has 0 fully saturated rings. The van der Waals surface area contributed by atoms with Gasteiger partial charge >= 0.3 is 0 Å². The van der Waals surface area contributed by atoms with Crippen molar-refractivity contribution in [3.05, 3.63) is 29.3 Å².